The van der Waals surface area contributed by atoms with Crippen LogP contribution >= 0.6 is 0 Å². The number of nitrogens with one attached hydrogen (secondary N) is 2. The molecule has 0 spiro atoms. The normalized spacial score (nSPS) is 18.3. The van der Waals surface area contributed by atoms with Gasteiger partial charge in [-0.1, -0.05) is 12.1 Å². The van der Waals surface area contributed by atoms with Crippen molar-refractivity contribution in [3.8, 4) is 0 Å². The maximum absolute atomic E-state index is 12.4. The summed E-state index contributed by atoms with van der Waals surface area (Å²) in [4.78, 5) is 45.3. The number of nitro benzene ring substituents is 2. The molecule has 2 amide bonds. The zero-order valence-corrected chi connectivity index (χ0v) is 15.9. The lowest BCUT2D eigenvalue weighted by atomic mass is 9.90. The highest BCUT2D eigenvalue weighted by Gasteiger charge is 2.25. The first-order chi connectivity index (χ1) is 14.3. The monoisotopic (exact) mass is 412 g/mol. The Labute approximate surface area is 171 Å². The first-order valence-electron chi connectivity index (χ1n) is 9.44. The van der Waals surface area contributed by atoms with Gasteiger partial charge in [0.05, 0.1) is 9.85 Å². The van der Waals surface area contributed by atoms with Crippen molar-refractivity contribution in [2.24, 2.45) is 0 Å². The fraction of sp³-hybridized carbons (Fsp3) is 0.300. The lowest BCUT2D eigenvalue weighted by molar-refractivity contribution is -0.385. The molecule has 10 nitrogen and oxygen atoms in total. The smallest absolute Gasteiger partial charge is 0.270 e. The van der Waals surface area contributed by atoms with Crippen LogP contribution in [0.4, 0.5) is 11.4 Å². The molecule has 1 fully saturated rings. The summed E-state index contributed by atoms with van der Waals surface area (Å²) < 4.78 is 0. The highest BCUT2D eigenvalue weighted by molar-refractivity contribution is 5.95. The van der Waals surface area contributed by atoms with E-state index in [2.05, 4.69) is 10.6 Å². The van der Waals surface area contributed by atoms with E-state index in [0.717, 1.165) is 0 Å². The minimum Gasteiger partial charge on any atom is -0.349 e. The SMILES string of the molecule is O=C(NC1CCC(NC(=O)c2cccc([N+](=O)[O-])c2)CC1)c1cccc([N+](=O)[O-])c1. The second-order valence-corrected chi connectivity index (χ2v) is 7.11. The molecule has 1 aliphatic carbocycles. The number of hydrogen-bond donors (Lipinski definition) is 2. The predicted octanol–water partition coefficient (Wildman–Crippen LogP) is 2.97. The van der Waals surface area contributed by atoms with Gasteiger partial charge in [0.2, 0.25) is 0 Å². The molecule has 1 aliphatic rings. The fourth-order valence-electron chi connectivity index (χ4n) is 3.44. The van der Waals surface area contributed by atoms with E-state index in [1.54, 1.807) is 0 Å². The Morgan fingerprint density at radius 3 is 1.43 bits per heavy atom. The molecule has 156 valence electrons. The molecule has 2 aromatic carbocycles. The maximum atomic E-state index is 12.4. The lowest BCUT2D eigenvalue weighted by Crippen LogP contribution is -2.43. The molecule has 30 heavy (non-hydrogen) atoms. The number of benzene rings is 2. The molecular formula is C20H20N4O6. The molecule has 2 aromatic rings. The topological polar surface area (TPSA) is 144 Å². The van der Waals surface area contributed by atoms with Crippen molar-refractivity contribution in [3.63, 3.8) is 0 Å². The summed E-state index contributed by atoms with van der Waals surface area (Å²) in [6.07, 6.45) is 2.56. The van der Waals surface area contributed by atoms with Crippen molar-refractivity contribution >= 4 is 23.2 Å². The van der Waals surface area contributed by atoms with Gasteiger partial charge in [-0.3, -0.25) is 29.8 Å². The fourth-order valence-corrected chi connectivity index (χ4v) is 3.44. The Morgan fingerprint density at radius 1 is 0.733 bits per heavy atom. The summed E-state index contributed by atoms with van der Waals surface area (Å²) >= 11 is 0. The largest absolute Gasteiger partial charge is 0.349 e. The molecular weight excluding hydrogens is 392 g/mol. The van der Waals surface area contributed by atoms with E-state index in [9.17, 15) is 29.8 Å². The maximum Gasteiger partial charge on any atom is 0.270 e. The highest BCUT2D eigenvalue weighted by atomic mass is 16.6. The van der Waals surface area contributed by atoms with Gasteiger partial charge in [-0.15, -0.1) is 0 Å². The van der Waals surface area contributed by atoms with Crippen LogP contribution in [0.5, 0.6) is 0 Å². The zero-order valence-electron chi connectivity index (χ0n) is 15.9. The van der Waals surface area contributed by atoms with E-state index < -0.39 is 9.85 Å². The standard InChI is InChI=1S/C20H20N4O6/c25-19(13-3-1-5-17(11-13)23(27)28)21-15-7-9-16(10-8-15)22-20(26)14-4-2-6-18(12-14)24(29)30/h1-6,11-12,15-16H,7-10H2,(H,21,25)(H,22,26). The number of rotatable bonds is 6. The third-order valence-corrected chi connectivity index (χ3v) is 5.04. The second-order valence-electron chi connectivity index (χ2n) is 7.11. The Hall–Kier alpha value is -3.82. The van der Waals surface area contributed by atoms with Crippen LogP contribution in [0.1, 0.15) is 46.4 Å². The van der Waals surface area contributed by atoms with Crippen LogP contribution in [0.15, 0.2) is 48.5 Å². The molecule has 0 saturated heterocycles. The van der Waals surface area contributed by atoms with Crippen LogP contribution in [0.3, 0.4) is 0 Å². The Bertz CT molecular complexity index is 905. The van der Waals surface area contributed by atoms with E-state index in [-0.39, 0.29) is 46.4 Å². The Morgan fingerprint density at radius 2 is 1.10 bits per heavy atom. The summed E-state index contributed by atoms with van der Waals surface area (Å²) in [7, 11) is 0. The quantitative estimate of drug-likeness (QED) is 0.551. The summed E-state index contributed by atoms with van der Waals surface area (Å²) in [5.74, 6) is -0.745. The summed E-state index contributed by atoms with van der Waals surface area (Å²) in [6, 6.07) is 10.9. The van der Waals surface area contributed by atoms with Gasteiger partial charge in [-0.2, -0.15) is 0 Å². The number of carbonyl (C=O) groups excluding carboxylic acids is 2. The van der Waals surface area contributed by atoms with E-state index in [1.807, 2.05) is 0 Å². The van der Waals surface area contributed by atoms with Gasteiger partial charge < -0.3 is 10.6 Å². The Kier molecular flexibility index (Phi) is 6.35. The average Bonchev–Trinajstić information content (AvgIpc) is 2.75. The number of hydrogen-bond acceptors (Lipinski definition) is 6. The van der Waals surface area contributed by atoms with Gasteiger partial charge in [0.15, 0.2) is 0 Å². The predicted molar refractivity (Wildman–Crippen MR) is 107 cm³/mol. The van der Waals surface area contributed by atoms with Crippen molar-refractivity contribution in [3.05, 3.63) is 79.9 Å². The molecule has 0 radical (unpaired) electrons. The first kappa shape index (κ1) is 20.9. The molecule has 1 saturated carbocycles. The molecule has 0 aliphatic heterocycles. The number of amides is 2. The molecule has 3 rings (SSSR count). The van der Waals surface area contributed by atoms with Gasteiger partial charge in [-0.05, 0) is 37.8 Å². The summed E-state index contributed by atoms with van der Waals surface area (Å²) in [5.41, 5.74) is 0.168. The Balaban J connectivity index is 1.51. The summed E-state index contributed by atoms with van der Waals surface area (Å²) in [5, 5.41) is 27.5. The van der Waals surface area contributed by atoms with Crippen molar-refractivity contribution in [1.29, 1.82) is 0 Å². The van der Waals surface area contributed by atoms with Crippen LogP contribution in [-0.4, -0.2) is 33.7 Å². The third kappa shape index (κ3) is 5.16. The average molecular weight is 412 g/mol. The lowest BCUT2D eigenvalue weighted by Gasteiger charge is -2.29. The molecule has 0 heterocycles. The number of non-ortho nitro benzene ring substituents is 2. The number of nitro groups is 2. The third-order valence-electron chi connectivity index (χ3n) is 5.04. The van der Waals surface area contributed by atoms with Crippen LogP contribution in [-0.2, 0) is 0 Å². The van der Waals surface area contributed by atoms with Gasteiger partial charge >= 0.3 is 0 Å². The van der Waals surface area contributed by atoms with Crippen molar-refractivity contribution in [1.82, 2.24) is 10.6 Å². The molecule has 0 aromatic heterocycles. The van der Waals surface area contributed by atoms with Crippen LogP contribution in [0.2, 0.25) is 0 Å². The van der Waals surface area contributed by atoms with Crippen molar-refractivity contribution in [2.75, 3.05) is 0 Å². The van der Waals surface area contributed by atoms with Crippen LogP contribution < -0.4 is 10.6 Å². The van der Waals surface area contributed by atoms with E-state index >= 15 is 0 Å². The minimum absolute atomic E-state index is 0.0947. The van der Waals surface area contributed by atoms with E-state index in [0.29, 0.717) is 25.7 Å². The summed E-state index contributed by atoms with van der Waals surface area (Å²) in [6.45, 7) is 0. The van der Waals surface area contributed by atoms with E-state index in [4.69, 9.17) is 0 Å². The number of nitrogens with zero attached hydrogens (tertiary/aromatic N) is 2. The molecule has 10 heteroatoms. The van der Waals surface area contributed by atoms with Gasteiger partial charge in [0, 0.05) is 47.5 Å². The first-order valence-corrected chi connectivity index (χ1v) is 9.44. The van der Waals surface area contributed by atoms with Crippen LogP contribution in [0.25, 0.3) is 0 Å². The number of carbonyl (C=O) groups is 2. The highest BCUT2D eigenvalue weighted by Crippen LogP contribution is 2.21. The minimum atomic E-state index is -0.550. The van der Waals surface area contributed by atoms with Crippen molar-refractivity contribution in [2.45, 2.75) is 37.8 Å². The molecule has 0 bridgehead atoms. The van der Waals surface area contributed by atoms with Crippen molar-refractivity contribution < 1.29 is 19.4 Å². The van der Waals surface area contributed by atoms with Gasteiger partial charge in [-0.25, -0.2) is 0 Å². The second kappa shape index (κ2) is 9.12. The molecule has 0 unspecified atom stereocenters. The molecule has 2 N–H and O–H groups in total. The van der Waals surface area contributed by atoms with Gasteiger partial charge in [0.1, 0.15) is 0 Å². The molecule has 0 atom stereocenters. The van der Waals surface area contributed by atoms with Crippen LogP contribution in [0, 0.1) is 20.2 Å². The van der Waals surface area contributed by atoms with Gasteiger partial charge in [0.25, 0.3) is 23.2 Å². The zero-order chi connectivity index (χ0) is 21.7. The van der Waals surface area contributed by atoms with E-state index in [1.165, 1.54) is 48.5 Å².